The number of anilines is 2. The van der Waals surface area contributed by atoms with Crippen molar-refractivity contribution in [2.24, 2.45) is 11.8 Å². The number of rotatable bonds is 7. The van der Waals surface area contributed by atoms with E-state index in [2.05, 4.69) is 0 Å². The highest BCUT2D eigenvalue weighted by molar-refractivity contribution is 6.08. The average Bonchev–Trinajstić information content (AvgIpc) is 3.30. The van der Waals surface area contributed by atoms with Gasteiger partial charge in [-0.15, -0.1) is 0 Å². The summed E-state index contributed by atoms with van der Waals surface area (Å²) in [6.07, 6.45) is 7.81. The number of carbonyl (C=O) groups is 3. The Balaban J connectivity index is 1.30. The molecule has 7 rings (SSSR count). The molecule has 45 heavy (non-hydrogen) atoms. The summed E-state index contributed by atoms with van der Waals surface area (Å²) in [5, 5.41) is 11.8. The largest absolute Gasteiger partial charge is 0.494 e. The molecule has 2 fully saturated rings. The average molecular weight is 608 g/mol. The Labute approximate surface area is 262 Å². The van der Waals surface area contributed by atoms with Crippen LogP contribution in [0, 0.1) is 11.8 Å². The van der Waals surface area contributed by atoms with E-state index in [1.807, 2.05) is 105 Å². The fraction of sp³-hybridized carbons (Fsp3) is 0.361. The SMILES string of the molecule is CCOc1ccc(N2CC=C[C@]3(C)O[C@]45C=CCN(c6ccc7ccccc7c6)C(=O)C4N(CCCO)C(=O)[C@@H]5[C@@H]3C2=O)cc1. The molecule has 0 bridgehead atoms. The molecule has 232 valence electrons. The number of aliphatic hydroxyl groups is 1. The summed E-state index contributed by atoms with van der Waals surface area (Å²) in [5.41, 5.74) is -1.08. The summed E-state index contributed by atoms with van der Waals surface area (Å²) < 4.78 is 12.5. The van der Waals surface area contributed by atoms with Crippen LogP contribution in [0.3, 0.4) is 0 Å². The number of fused-ring (bicyclic) bond motifs is 3. The van der Waals surface area contributed by atoms with Gasteiger partial charge in [0.05, 0.1) is 24.0 Å². The van der Waals surface area contributed by atoms with Crippen molar-refractivity contribution in [1.82, 2.24) is 4.90 Å². The van der Waals surface area contributed by atoms with Crippen LogP contribution in [0.2, 0.25) is 0 Å². The van der Waals surface area contributed by atoms with Crippen LogP contribution in [-0.2, 0) is 19.1 Å². The van der Waals surface area contributed by atoms with Crippen LogP contribution in [0.1, 0.15) is 20.3 Å². The van der Waals surface area contributed by atoms with E-state index in [1.54, 1.807) is 9.80 Å². The van der Waals surface area contributed by atoms with E-state index in [0.29, 0.717) is 31.0 Å². The van der Waals surface area contributed by atoms with E-state index in [1.165, 1.54) is 4.90 Å². The van der Waals surface area contributed by atoms with E-state index in [0.717, 1.165) is 16.5 Å². The zero-order chi connectivity index (χ0) is 31.3. The lowest BCUT2D eigenvalue weighted by Gasteiger charge is -2.37. The molecular weight excluding hydrogens is 570 g/mol. The number of likely N-dealkylation sites (tertiary alicyclic amines) is 1. The minimum absolute atomic E-state index is 0.137. The minimum atomic E-state index is -1.36. The van der Waals surface area contributed by atoms with Crippen molar-refractivity contribution in [3.63, 3.8) is 0 Å². The number of nitrogens with zero attached hydrogens (tertiary/aromatic N) is 3. The summed E-state index contributed by atoms with van der Waals surface area (Å²) in [6, 6.07) is 20.2. The van der Waals surface area contributed by atoms with Crippen molar-refractivity contribution >= 4 is 39.9 Å². The number of aliphatic hydroxyl groups excluding tert-OH is 1. The second kappa shape index (κ2) is 11.2. The highest BCUT2D eigenvalue weighted by atomic mass is 16.5. The zero-order valence-corrected chi connectivity index (χ0v) is 25.5. The Kier molecular flexibility index (Phi) is 7.25. The number of amides is 3. The zero-order valence-electron chi connectivity index (χ0n) is 25.5. The minimum Gasteiger partial charge on any atom is -0.494 e. The first-order valence-corrected chi connectivity index (χ1v) is 15.6. The molecule has 2 saturated heterocycles. The van der Waals surface area contributed by atoms with Gasteiger partial charge in [0.15, 0.2) is 0 Å². The van der Waals surface area contributed by atoms with Gasteiger partial charge in [0.2, 0.25) is 11.8 Å². The quantitative estimate of drug-likeness (QED) is 0.406. The molecule has 3 aromatic carbocycles. The van der Waals surface area contributed by atoms with Crippen molar-refractivity contribution < 1.29 is 29.0 Å². The maximum Gasteiger partial charge on any atom is 0.253 e. The van der Waals surface area contributed by atoms with Gasteiger partial charge >= 0.3 is 0 Å². The maximum absolute atomic E-state index is 14.7. The van der Waals surface area contributed by atoms with E-state index < -0.39 is 29.1 Å². The predicted octanol–water partition coefficient (Wildman–Crippen LogP) is 4.10. The van der Waals surface area contributed by atoms with Crippen LogP contribution >= 0.6 is 0 Å². The molecule has 4 aliphatic rings. The molecule has 4 heterocycles. The smallest absolute Gasteiger partial charge is 0.253 e. The predicted molar refractivity (Wildman–Crippen MR) is 171 cm³/mol. The van der Waals surface area contributed by atoms with Crippen LogP contribution in [0.5, 0.6) is 5.75 Å². The molecule has 0 aliphatic carbocycles. The lowest BCUT2D eigenvalue weighted by Crippen LogP contribution is -2.56. The van der Waals surface area contributed by atoms with E-state index in [9.17, 15) is 19.5 Å². The second-order valence-corrected chi connectivity index (χ2v) is 12.3. The van der Waals surface area contributed by atoms with Crippen molar-refractivity contribution in [3.05, 3.63) is 91.0 Å². The van der Waals surface area contributed by atoms with Crippen LogP contribution < -0.4 is 14.5 Å². The molecule has 0 saturated carbocycles. The molecule has 9 nitrogen and oxygen atoms in total. The third-order valence-corrected chi connectivity index (χ3v) is 9.62. The first kappa shape index (κ1) is 29.3. The molecule has 1 spiro atoms. The molecule has 0 radical (unpaired) electrons. The monoisotopic (exact) mass is 607 g/mol. The third-order valence-electron chi connectivity index (χ3n) is 9.62. The van der Waals surface area contributed by atoms with Gasteiger partial charge < -0.3 is 29.3 Å². The Bertz CT molecular complexity index is 1720. The Morgan fingerprint density at radius 1 is 0.844 bits per heavy atom. The van der Waals surface area contributed by atoms with Crippen LogP contribution in [-0.4, -0.2) is 77.8 Å². The molecular formula is C36H37N3O6. The lowest BCUT2D eigenvalue weighted by atomic mass is 9.74. The van der Waals surface area contributed by atoms with Crippen molar-refractivity contribution in [2.45, 2.75) is 37.5 Å². The van der Waals surface area contributed by atoms with Crippen molar-refractivity contribution in [2.75, 3.05) is 42.6 Å². The highest BCUT2D eigenvalue weighted by Gasteiger charge is 2.74. The van der Waals surface area contributed by atoms with Crippen LogP contribution in [0.15, 0.2) is 91.0 Å². The molecule has 4 aliphatic heterocycles. The molecule has 1 N–H and O–H groups in total. The summed E-state index contributed by atoms with van der Waals surface area (Å²) in [7, 11) is 0. The Morgan fingerprint density at radius 3 is 2.27 bits per heavy atom. The van der Waals surface area contributed by atoms with Gasteiger partial charge in [-0.05, 0) is 67.4 Å². The van der Waals surface area contributed by atoms with Crippen molar-refractivity contribution in [3.8, 4) is 5.75 Å². The molecule has 0 aromatic heterocycles. The number of hydrogen-bond donors (Lipinski definition) is 1. The van der Waals surface area contributed by atoms with Gasteiger partial charge in [-0.3, -0.25) is 14.4 Å². The fourth-order valence-electron chi connectivity index (χ4n) is 7.70. The first-order chi connectivity index (χ1) is 21.8. The van der Waals surface area contributed by atoms with Gasteiger partial charge in [0, 0.05) is 37.6 Å². The van der Waals surface area contributed by atoms with Crippen molar-refractivity contribution in [1.29, 1.82) is 0 Å². The first-order valence-electron chi connectivity index (χ1n) is 15.6. The van der Waals surface area contributed by atoms with E-state index in [4.69, 9.17) is 9.47 Å². The molecule has 5 atom stereocenters. The summed E-state index contributed by atoms with van der Waals surface area (Å²) in [5.74, 6) is -1.91. The highest BCUT2D eigenvalue weighted by Crippen LogP contribution is 2.57. The van der Waals surface area contributed by atoms with Crippen LogP contribution in [0.4, 0.5) is 11.4 Å². The van der Waals surface area contributed by atoms with Gasteiger partial charge in [-0.2, -0.15) is 0 Å². The fourth-order valence-corrected chi connectivity index (χ4v) is 7.70. The normalized spacial score (nSPS) is 29.1. The Morgan fingerprint density at radius 2 is 1.53 bits per heavy atom. The standard InChI is InChI=1S/C36H37N3O6/c1-3-44-28-15-13-26(14-16-28)37-19-6-17-35(2)29(32(37)41)30-33(42)39(21-8-22-40)31-34(43)38(20-7-18-36(30,31)45-35)27-12-11-24-9-4-5-10-25(24)23-27/h4-7,9-18,23,29-31,40H,3,8,19-22H2,1-2H3/t29-,30+,31?,35+,36+/m1/s1. The topological polar surface area (TPSA) is 99.6 Å². The van der Waals surface area contributed by atoms with Gasteiger partial charge in [0.25, 0.3) is 5.91 Å². The van der Waals surface area contributed by atoms with E-state index >= 15 is 0 Å². The Hall–Kier alpha value is -4.47. The number of hydrogen-bond acceptors (Lipinski definition) is 6. The summed E-state index contributed by atoms with van der Waals surface area (Å²) in [4.78, 5) is 48.6. The molecule has 3 amide bonds. The van der Waals surface area contributed by atoms with Gasteiger partial charge in [0.1, 0.15) is 17.4 Å². The number of carbonyl (C=O) groups excluding carboxylic acids is 3. The van der Waals surface area contributed by atoms with Gasteiger partial charge in [-0.25, -0.2) is 0 Å². The second-order valence-electron chi connectivity index (χ2n) is 12.3. The maximum atomic E-state index is 14.7. The molecule has 9 heteroatoms. The number of ether oxygens (including phenoxy) is 2. The molecule has 1 unspecified atom stereocenters. The van der Waals surface area contributed by atoms with Gasteiger partial charge in [-0.1, -0.05) is 54.6 Å². The van der Waals surface area contributed by atoms with Crippen LogP contribution in [0.25, 0.3) is 10.8 Å². The summed E-state index contributed by atoms with van der Waals surface area (Å²) in [6.45, 7) is 4.93. The number of benzene rings is 3. The van der Waals surface area contributed by atoms with E-state index in [-0.39, 0.29) is 37.4 Å². The third kappa shape index (κ3) is 4.56. The lowest BCUT2D eigenvalue weighted by molar-refractivity contribution is -0.144. The molecule has 3 aromatic rings. The summed E-state index contributed by atoms with van der Waals surface area (Å²) >= 11 is 0.